The third kappa shape index (κ3) is 3.81. The van der Waals surface area contributed by atoms with Crippen molar-refractivity contribution in [1.29, 1.82) is 0 Å². The number of hydrogen-bond acceptors (Lipinski definition) is 6. The summed E-state index contributed by atoms with van der Waals surface area (Å²) in [7, 11) is 0. The summed E-state index contributed by atoms with van der Waals surface area (Å²) in [4.78, 5) is 19.6. The molecule has 1 amide bonds. The molecule has 2 heterocycles. The summed E-state index contributed by atoms with van der Waals surface area (Å²) in [6, 6.07) is 3.81. The molecule has 18 heavy (non-hydrogen) atoms. The van der Waals surface area contributed by atoms with E-state index in [4.69, 9.17) is 4.52 Å². The maximum absolute atomic E-state index is 11.6. The molecule has 6 nitrogen and oxygen atoms in total. The number of hydrogen-bond donors (Lipinski definition) is 1. The zero-order valence-corrected chi connectivity index (χ0v) is 11.8. The molecular formula is C10H9BrN4O2S. The lowest BCUT2D eigenvalue weighted by molar-refractivity contribution is -0.114. The molecule has 8 heteroatoms. The standard InChI is InChI=1S/C10H9BrN4O2S/c1-6-13-10(17-15-6)14-8(16)5-18-9-3-2-7(11)4-12-9/h2-4H,5H2,1H3,(H,13,14,15,16). The summed E-state index contributed by atoms with van der Waals surface area (Å²) in [6.45, 7) is 1.68. The van der Waals surface area contributed by atoms with Gasteiger partial charge in [0, 0.05) is 10.7 Å². The first kappa shape index (κ1) is 13.0. The highest BCUT2D eigenvalue weighted by Gasteiger charge is 2.08. The van der Waals surface area contributed by atoms with Crippen molar-refractivity contribution in [2.75, 3.05) is 11.1 Å². The van der Waals surface area contributed by atoms with Gasteiger partial charge in [0.25, 0.3) is 0 Å². The fourth-order valence-electron chi connectivity index (χ4n) is 1.09. The van der Waals surface area contributed by atoms with Crippen LogP contribution in [0.2, 0.25) is 0 Å². The molecule has 0 saturated carbocycles. The van der Waals surface area contributed by atoms with Gasteiger partial charge in [-0.15, -0.1) is 0 Å². The number of nitrogens with one attached hydrogen (secondary N) is 1. The van der Waals surface area contributed by atoms with Gasteiger partial charge in [-0.3, -0.25) is 10.1 Å². The summed E-state index contributed by atoms with van der Waals surface area (Å²) in [6.07, 6.45) is 1.68. The monoisotopic (exact) mass is 328 g/mol. The van der Waals surface area contributed by atoms with E-state index in [1.807, 2.05) is 12.1 Å². The second-order valence-electron chi connectivity index (χ2n) is 3.30. The molecule has 2 rings (SSSR count). The zero-order valence-electron chi connectivity index (χ0n) is 9.38. The van der Waals surface area contributed by atoms with E-state index in [-0.39, 0.29) is 17.7 Å². The number of aryl methyl sites for hydroxylation is 1. The van der Waals surface area contributed by atoms with Crippen molar-refractivity contribution in [2.45, 2.75) is 11.9 Å². The number of rotatable bonds is 4. The Labute approximate surface area is 116 Å². The van der Waals surface area contributed by atoms with E-state index in [2.05, 4.69) is 36.4 Å². The minimum atomic E-state index is -0.214. The minimum absolute atomic E-state index is 0.113. The summed E-state index contributed by atoms with van der Waals surface area (Å²) >= 11 is 4.62. The lowest BCUT2D eigenvalue weighted by Gasteiger charge is -2.00. The second kappa shape index (κ2) is 5.96. The van der Waals surface area contributed by atoms with Gasteiger partial charge in [0.1, 0.15) is 0 Å². The molecule has 2 aromatic rings. The topological polar surface area (TPSA) is 80.9 Å². The van der Waals surface area contributed by atoms with Gasteiger partial charge >= 0.3 is 6.01 Å². The van der Waals surface area contributed by atoms with E-state index in [1.165, 1.54) is 11.8 Å². The van der Waals surface area contributed by atoms with Crippen molar-refractivity contribution in [3.8, 4) is 0 Å². The number of aromatic nitrogens is 3. The average Bonchev–Trinajstić information content (AvgIpc) is 2.74. The number of halogens is 1. The Morgan fingerprint density at radius 2 is 2.39 bits per heavy atom. The van der Waals surface area contributed by atoms with Crippen LogP contribution in [-0.4, -0.2) is 26.8 Å². The maximum atomic E-state index is 11.6. The number of carbonyl (C=O) groups is 1. The van der Waals surface area contributed by atoms with Crippen molar-refractivity contribution in [2.24, 2.45) is 0 Å². The number of thioether (sulfide) groups is 1. The van der Waals surface area contributed by atoms with Gasteiger partial charge in [-0.25, -0.2) is 4.98 Å². The van der Waals surface area contributed by atoms with E-state index < -0.39 is 0 Å². The quantitative estimate of drug-likeness (QED) is 0.867. The summed E-state index contributed by atoms with van der Waals surface area (Å²) in [5, 5.41) is 6.85. The Morgan fingerprint density at radius 1 is 1.56 bits per heavy atom. The van der Waals surface area contributed by atoms with Crippen LogP contribution in [0.25, 0.3) is 0 Å². The van der Waals surface area contributed by atoms with E-state index in [9.17, 15) is 4.79 Å². The minimum Gasteiger partial charge on any atom is -0.315 e. The van der Waals surface area contributed by atoms with E-state index in [0.717, 1.165) is 9.50 Å². The van der Waals surface area contributed by atoms with E-state index in [0.29, 0.717) is 5.82 Å². The Hall–Kier alpha value is -1.41. The first-order valence-electron chi connectivity index (χ1n) is 4.98. The number of pyridine rings is 1. The molecular weight excluding hydrogens is 320 g/mol. The van der Waals surface area contributed by atoms with Crippen molar-refractivity contribution in [3.05, 3.63) is 28.6 Å². The number of nitrogens with zero attached hydrogens (tertiary/aromatic N) is 3. The molecule has 1 N–H and O–H groups in total. The third-order valence-corrected chi connectivity index (χ3v) is 3.24. The van der Waals surface area contributed by atoms with Crippen LogP contribution in [0, 0.1) is 6.92 Å². The van der Waals surface area contributed by atoms with Gasteiger partial charge in [0.15, 0.2) is 5.82 Å². The SMILES string of the molecule is Cc1noc(NC(=O)CSc2ccc(Br)cn2)n1. The molecule has 0 saturated heterocycles. The number of anilines is 1. The molecule has 0 aromatic carbocycles. The van der Waals surface area contributed by atoms with Crippen LogP contribution in [0.4, 0.5) is 6.01 Å². The molecule has 2 aromatic heterocycles. The van der Waals surface area contributed by atoms with Crippen LogP contribution in [0.3, 0.4) is 0 Å². The Balaban J connectivity index is 1.83. The van der Waals surface area contributed by atoms with Crippen LogP contribution >= 0.6 is 27.7 Å². The van der Waals surface area contributed by atoms with Crippen LogP contribution in [0.1, 0.15) is 5.82 Å². The van der Waals surface area contributed by atoms with E-state index >= 15 is 0 Å². The fraction of sp³-hybridized carbons (Fsp3) is 0.200. The largest absolute Gasteiger partial charge is 0.328 e. The smallest absolute Gasteiger partial charge is 0.315 e. The predicted octanol–water partition coefficient (Wildman–Crippen LogP) is 2.27. The van der Waals surface area contributed by atoms with Crippen molar-refractivity contribution >= 4 is 39.6 Å². The molecule has 0 fully saturated rings. The van der Waals surface area contributed by atoms with Crippen LogP contribution in [0.15, 0.2) is 32.4 Å². The molecule has 0 aliphatic heterocycles. The van der Waals surface area contributed by atoms with Crippen LogP contribution in [-0.2, 0) is 4.79 Å². The van der Waals surface area contributed by atoms with Crippen molar-refractivity contribution in [1.82, 2.24) is 15.1 Å². The van der Waals surface area contributed by atoms with Gasteiger partial charge in [0.2, 0.25) is 5.91 Å². The van der Waals surface area contributed by atoms with Gasteiger partial charge in [-0.2, -0.15) is 4.98 Å². The summed E-state index contributed by atoms with van der Waals surface area (Å²) in [5.41, 5.74) is 0. The molecule has 0 aliphatic carbocycles. The Bertz CT molecular complexity index is 543. The second-order valence-corrected chi connectivity index (χ2v) is 5.21. The highest BCUT2D eigenvalue weighted by atomic mass is 79.9. The number of carbonyl (C=O) groups excluding carboxylic acids is 1. The molecule has 0 unspecified atom stereocenters. The predicted molar refractivity (Wildman–Crippen MR) is 70.3 cm³/mol. The van der Waals surface area contributed by atoms with Gasteiger partial charge < -0.3 is 4.52 Å². The summed E-state index contributed by atoms with van der Waals surface area (Å²) < 4.78 is 5.68. The van der Waals surface area contributed by atoms with E-state index in [1.54, 1.807) is 13.1 Å². The lowest BCUT2D eigenvalue weighted by Crippen LogP contribution is -2.14. The maximum Gasteiger partial charge on any atom is 0.328 e. The molecule has 0 spiro atoms. The fourth-order valence-corrected chi connectivity index (χ4v) is 1.97. The van der Waals surface area contributed by atoms with Crippen LogP contribution in [0.5, 0.6) is 0 Å². The Morgan fingerprint density at radius 3 is 3.00 bits per heavy atom. The summed E-state index contributed by atoms with van der Waals surface area (Å²) in [5.74, 6) is 0.497. The average molecular weight is 329 g/mol. The van der Waals surface area contributed by atoms with Gasteiger partial charge in [0.05, 0.1) is 10.8 Å². The normalized spacial score (nSPS) is 10.3. The molecule has 0 bridgehead atoms. The van der Waals surface area contributed by atoms with Crippen molar-refractivity contribution in [3.63, 3.8) is 0 Å². The molecule has 0 radical (unpaired) electrons. The zero-order chi connectivity index (χ0) is 13.0. The third-order valence-electron chi connectivity index (χ3n) is 1.83. The van der Waals surface area contributed by atoms with Crippen molar-refractivity contribution < 1.29 is 9.32 Å². The molecule has 0 atom stereocenters. The number of amides is 1. The highest BCUT2D eigenvalue weighted by molar-refractivity contribution is 9.10. The first-order chi connectivity index (χ1) is 8.63. The van der Waals surface area contributed by atoms with Gasteiger partial charge in [-0.05, 0) is 35.0 Å². The molecule has 0 aliphatic rings. The lowest BCUT2D eigenvalue weighted by atomic mass is 10.5. The first-order valence-corrected chi connectivity index (χ1v) is 6.76. The van der Waals surface area contributed by atoms with Crippen LogP contribution < -0.4 is 5.32 Å². The molecule has 94 valence electrons. The van der Waals surface area contributed by atoms with Gasteiger partial charge in [-0.1, -0.05) is 16.9 Å². The highest BCUT2D eigenvalue weighted by Crippen LogP contribution is 2.17. The Kier molecular flexibility index (Phi) is 4.32.